The lowest BCUT2D eigenvalue weighted by atomic mass is 10.1. The molecule has 1 unspecified atom stereocenters. The minimum Gasteiger partial charge on any atom is -0.379 e. The average Bonchev–Trinajstić information content (AvgIpc) is 3.11. The molecule has 128 valence electrons. The molecular weight excluding hydrogens is 311 g/mol. The maximum atomic E-state index is 13.0. The standard InChI is InChI=1S/C17H21FN4O2/c1-12(22-6-8-24-9-7-22)11-19-17(23)16-10-15(20-21-16)13-2-4-14(18)5-3-13/h2-5,10,12H,6-9,11H2,1H3,(H,19,23)(H,20,21). The Kier molecular flexibility index (Phi) is 5.22. The molecule has 0 aliphatic carbocycles. The second-order valence-electron chi connectivity index (χ2n) is 5.88. The minimum atomic E-state index is -0.302. The number of carbonyl (C=O) groups is 1. The number of amides is 1. The minimum absolute atomic E-state index is 0.198. The van der Waals surface area contributed by atoms with Crippen LogP contribution in [0.4, 0.5) is 4.39 Å². The molecule has 1 aromatic heterocycles. The van der Waals surface area contributed by atoms with Crippen molar-refractivity contribution >= 4 is 5.91 Å². The predicted molar refractivity (Wildman–Crippen MR) is 88.2 cm³/mol. The third kappa shape index (κ3) is 3.98. The summed E-state index contributed by atoms with van der Waals surface area (Å²) in [6.45, 7) is 5.89. The molecule has 0 spiro atoms. The third-order valence-electron chi connectivity index (χ3n) is 4.19. The van der Waals surface area contributed by atoms with E-state index in [9.17, 15) is 9.18 Å². The second-order valence-corrected chi connectivity index (χ2v) is 5.88. The highest BCUT2D eigenvalue weighted by atomic mass is 19.1. The number of aromatic amines is 1. The molecule has 1 amide bonds. The lowest BCUT2D eigenvalue weighted by molar-refractivity contribution is 0.0204. The Balaban J connectivity index is 1.56. The van der Waals surface area contributed by atoms with E-state index in [0.29, 0.717) is 17.9 Å². The van der Waals surface area contributed by atoms with Crippen LogP contribution >= 0.6 is 0 Å². The normalized spacial score (nSPS) is 16.8. The molecule has 1 aromatic carbocycles. The molecule has 2 aromatic rings. The Morgan fingerprint density at radius 3 is 2.79 bits per heavy atom. The molecule has 0 saturated carbocycles. The summed E-state index contributed by atoms with van der Waals surface area (Å²) < 4.78 is 18.3. The number of nitrogens with one attached hydrogen (secondary N) is 2. The molecule has 1 aliphatic rings. The number of carbonyl (C=O) groups excluding carboxylic acids is 1. The summed E-state index contributed by atoms with van der Waals surface area (Å²) in [6.07, 6.45) is 0. The maximum Gasteiger partial charge on any atom is 0.269 e. The maximum absolute atomic E-state index is 13.0. The largest absolute Gasteiger partial charge is 0.379 e. The van der Waals surface area contributed by atoms with Crippen molar-refractivity contribution in [2.75, 3.05) is 32.8 Å². The number of nitrogens with zero attached hydrogens (tertiary/aromatic N) is 2. The van der Waals surface area contributed by atoms with Crippen LogP contribution in [0.3, 0.4) is 0 Å². The lowest BCUT2D eigenvalue weighted by Gasteiger charge is -2.32. The van der Waals surface area contributed by atoms with Crippen LogP contribution in [0.25, 0.3) is 11.3 Å². The van der Waals surface area contributed by atoms with E-state index in [0.717, 1.165) is 31.9 Å². The Labute approximate surface area is 140 Å². The van der Waals surface area contributed by atoms with E-state index in [2.05, 4.69) is 27.3 Å². The van der Waals surface area contributed by atoms with Crippen LogP contribution in [0.1, 0.15) is 17.4 Å². The van der Waals surface area contributed by atoms with Gasteiger partial charge in [0.1, 0.15) is 11.5 Å². The molecule has 24 heavy (non-hydrogen) atoms. The molecule has 1 fully saturated rings. The number of ether oxygens (including phenoxy) is 1. The van der Waals surface area contributed by atoms with Gasteiger partial charge in [-0.25, -0.2) is 4.39 Å². The van der Waals surface area contributed by atoms with E-state index < -0.39 is 0 Å². The summed E-state index contributed by atoms with van der Waals surface area (Å²) >= 11 is 0. The van der Waals surface area contributed by atoms with Gasteiger partial charge < -0.3 is 10.1 Å². The molecule has 1 saturated heterocycles. The molecule has 0 bridgehead atoms. The SMILES string of the molecule is CC(CNC(=O)c1cc(-c2ccc(F)cc2)n[nH]1)N1CCOCC1. The van der Waals surface area contributed by atoms with Gasteiger partial charge in [-0.2, -0.15) is 5.10 Å². The van der Waals surface area contributed by atoms with Crippen molar-refractivity contribution < 1.29 is 13.9 Å². The van der Waals surface area contributed by atoms with E-state index in [1.54, 1.807) is 18.2 Å². The van der Waals surface area contributed by atoms with Crippen LogP contribution in [0, 0.1) is 5.82 Å². The van der Waals surface area contributed by atoms with Crippen molar-refractivity contribution in [3.05, 3.63) is 41.8 Å². The predicted octanol–water partition coefficient (Wildman–Crippen LogP) is 1.67. The van der Waals surface area contributed by atoms with Gasteiger partial charge >= 0.3 is 0 Å². The van der Waals surface area contributed by atoms with Crippen LogP contribution in [-0.4, -0.2) is 59.9 Å². The third-order valence-corrected chi connectivity index (χ3v) is 4.19. The van der Waals surface area contributed by atoms with Gasteiger partial charge in [0.25, 0.3) is 5.91 Å². The number of H-pyrrole nitrogens is 1. The fourth-order valence-electron chi connectivity index (χ4n) is 2.69. The smallest absolute Gasteiger partial charge is 0.269 e. The topological polar surface area (TPSA) is 70.2 Å². The Morgan fingerprint density at radius 1 is 1.38 bits per heavy atom. The zero-order valence-corrected chi connectivity index (χ0v) is 13.6. The number of morpholine rings is 1. The summed E-state index contributed by atoms with van der Waals surface area (Å²) in [4.78, 5) is 14.5. The highest BCUT2D eigenvalue weighted by Gasteiger charge is 2.18. The monoisotopic (exact) mass is 332 g/mol. The fourth-order valence-corrected chi connectivity index (χ4v) is 2.69. The summed E-state index contributed by atoms with van der Waals surface area (Å²) in [7, 11) is 0. The summed E-state index contributed by atoms with van der Waals surface area (Å²) in [5.74, 6) is -0.500. The van der Waals surface area contributed by atoms with Crippen molar-refractivity contribution in [1.82, 2.24) is 20.4 Å². The first kappa shape index (κ1) is 16.6. The van der Waals surface area contributed by atoms with Crippen LogP contribution in [-0.2, 0) is 4.74 Å². The number of hydrogen-bond donors (Lipinski definition) is 2. The van der Waals surface area contributed by atoms with E-state index in [-0.39, 0.29) is 17.8 Å². The van der Waals surface area contributed by atoms with Gasteiger partial charge in [-0.05, 0) is 37.3 Å². The number of benzene rings is 1. The number of aromatic nitrogens is 2. The van der Waals surface area contributed by atoms with Gasteiger partial charge in [0.15, 0.2) is 0 Å². The summed E-state index contributed by atoms with van der Waals surface area (Å²) in [5, 5.41) is 9.77. The molecule has 2 heterocycles. The van der Waals surface area contributed by atoms with Crippen LogP contribution in [0.5, 0.6) is 0 Å². The van der Waals surface area contributed by atoms with Crippen molar-refractivity contribution in [2.24, 2.45) is 0 Å². The van der Waals surface area contributed by atoms with Gasteiger partial charge in [-0.1, -0.05) is 0 Å². The van der Waals surface area contributed by atoms with Crippen LogP contribution < -0.4 is 5.32 Å². The molecule has 1 atom stereocenters. The van der Waals surface area contributed by atoms with Crippen molar-refractivity contribution in [3.63, 3.8) is 0 Å². The fraction of sp³-hybridized carbons (Fsp3) is 0.412. The Bertz CT molecular complexity index is 680. The van der Waals surface area contributed by atoms with Gasteiger partial charge in [0, 0.05) is 31.2 Å². The van der Waals surface area contributed by atoms with E-state index in [4.69, 9.17) is 4.74 Å². The van der Waals surface area contributed by atoms with Gasteiger partial charge in [-0.3, -0.25) is 14.8 Å². The highest BCUT2D eigenvalue weighted by molar-refractivity contribution is 5.93. The van der Waals surface area contributed by atoms with Crippen molar-refractivity contribution in [2.45, 2.75) is 13.0 Å². The first-order valence-corrected chi connectivity index (χ1v) is 8.05. The van der Waals surface area contributed by atoms with Gasteiger partial charge in [0.2, 0.25) is 0 Å². The Hall–Kier alpha value is -2.25. The van der Waals surface area contributed by atoms with Gasteiger partial charge in [0.05, 0.1) is 18.9 Å². The van der Waals surface area contributed by atoms with Crippen LogP contribution in [0.2, 0.25) is 0 Å². The first-order chi connectivity index (χ1) is 11.6. The summed E-state index contributed by atoms with van der Waals surface area (Å²) in [6, 6.07) is 7.92. The highest BCUT2D eigenvalue weighted by Crippen LogP contribution is 2.18. The van der Waals surface area contributed by atoms with E-state index in [1.165, 1.54) is 12.1 Å². The second kappa shape index (κ2) is 7.55. The zero-order chi connectivity index (χ0) is 16.9. The first-order valence-electron chi connectivity index (χ1n) is 8.05. The number of rotatable bonds is 5. The van der Waals surface area contributed by atoms with Crippen LogP contribution in [0.15, 0.2) is 30.3 Å². The van der Waals surface area contributed by atoms with Gasteiger partial charge in [-0.15, -0.1) is 0 Å². The molecule has 2 N–H and O–H groups in total. The average molecular weight is 332 g/mol. The molecule has 0 radical (unpaired) electrons. The van der Waals surface area contributed by atoms with E-state index in [1.807, 2.05) is 0 Å². The van der Waals surface area contributed by atoms with Crippen molar-refractivity contribution in [1.29, 1.82) is 0 Å². The Morgan fingerprint density at radius 2 is 2.08 bits per heavy atom. The quantitative estimate of drug-likeness (QED) is 0.874. The van der Waals surface area contributed by atoms with E-state index >= 15 is 0 Å². The molecule has 7 heteroatoms. The number of halogens is 1. The summed E-state index contributed by atoms with van der Waals surface area (Å²) in [5.41, 5.74) is 1.76. The molecule has 6 nitrogen and oxygen atoms in total. The number of hydrogen-bond acceptors (Lipinski definition) is 4. The zero-order valence-electron chi connectivity index (χ0n) is 13.6. The molecular formula is C17H21FN4O2. The molecule has 1 aliphatic heterocycles. The molecule has 3 rings (SSSR count). The lowest BCUT2D eigenvalue weighted by Crippen LogP contribution is -2.47. The van der Waals surface area contributed by atoms with Crippen molar-refractivity contribution in [3.8, 4) is 11.3 Å².